The van der Waals surface area contributed by atoms with Crippen molar-refractivity contribution in [2.24, 2.45) is 0 Å². The van der Waals surface area contributed by atoms with Gasteiger partial charge in [-0.3, -0.25) is 9.88 Å². The van der Waals surface area contributed by atoms with Gasteiger partial charge < -0.3 is 0 Å². The van der Waals surface area contributed by atoms with E-state index in [0.29, 0.717) is 6.04 Å². The second-order valence-electron chi connectivity index (χ2n) is 4.37. The first-order valence-corrected chi connectivity index (χ1v) is 5.36. The van der Waals surface area contributed by atoms with Crippen molar-refractivity contribution in [3.05, 3.63) is 29.1 Å². The SMILES string of the molecule is Cc1ccc2c(n1)CCN(C(C)C)C2. The molecule has 0 aromatic carbocycles. The molecule has 0 saturated heterocycles. The molecule has 0 spiro atoms. The minimum Gasteiger partial charge on any atom is -0.296 e. The minimum atomic E-state index is 0.643. The zero-order valence-electron chi connectivity index (χ0n) is 9.25. The highest BCUT2D eigenvalue weighted by Crippen LogP contribution is 2.18. The number of hydrogen-bond donors (Lipinski definition) is 0. The van der Waals surface area contributed by atoms with E-state index < -0.39 is 0 Å². The fourth-order valence-corrected chi connectivity index (χ4v) is 1.99. The number of fused-ring (bicyclic) bond motifs is 1. The van der Waals surface area contributed by atoms with Gasteiger partial charge in [0.25, 0.3) is 0 Å². The summed E-state index contributed by atoms with van der Waals surface area (Å²) < 4.78 is 0. The summed E-state index contributed by atoms with van der Waals surface area (Å²) >= 11 is 0. The molecule has 1 aromatic rings. The van der Waals surface area contributed by atoms with Crippen LogP contribution in [0.4, 0.5) is 0 Å². The van der Waals surface area contributed by atoms with Crippen molar-refractivity contribution in [2.45, 2.75) is 39.8 Å². The van der Waals surface area contributed by atoms with E-state index in [0.717, 1.165) is 25.2 Å². The Morgan fingerprint density at radius 3 is 2.86 bits per heavy atom. The first-order valence-electron chi connectivity index (χ1n) is 5.36. The number of nitrogens with zero attached hydrogens (tertiary/aromatic N) is 2. The average molecular weight is 190 g/mol. The molecule has 0 aliphatic carbocycles. The van der Waals surface area contributed by atoms with Gasteiger partial charge in [-0.15, -0.1) is 0 Å². The van der Waals surface area contributed by atoms with Crippen molar-refractivity contribution < 1.29 is 0 Å². The Morgan fingerprint density at radius 1 is 1.36 bits per heavy atom. The van der Waals surface area contributed by atoms with Gasteiger partial charge in [-0.1, -0.05) is 6.07 Å². The Hall–Kier alpha value is -0.890. The van der Waals surface area contributed by atoms with E-state index in [-0.39, 0.29) is 0 Å². The van der Waals surface area contributed by atoms with Gasteiger partial charge in [0, 0.05) is 36.9 Å². The van der Waals surface area contributed by atoms with E-state index in [1.54, 1.807) is 0 Å². The topological polar surface area (TPSA) is 16.1 Å². The highest BCUT2D eigenvalue weighted by molar-refractivity contribution is 5.25. The van der Waals surface area contributed by atoms with Crippen LogP contribution in [0.1, 0.15) is 30.8 Å². The third kappa shape index (κ3) is 1.80. The minimum absolute atomic E-state index is 0.643. The number of hydrogen-bond acceptors (Lipinski definition) is 2. The smallest absolute Gasteiger partial charge is 0.0464 e. The lowest BCUT2D eigenvalue weighted by atomic mass is 10.0. The molecule has 0 fully saturated rings. The van der Waals surface area contributed by atoms with Crippen LogP contribution in [0.2, 0.25) is 0 Å². The highest BCUT2D eigenvalue weighted by Gasteiger charge is 2.18. The summed E-state index contributed by atoms with van der Waals surface area (Å²) in [6.45, 7) is 8.80. The van der Waals surface area contributed by atoms with Crippen molar-refractivity contribution >= 4 is 0 Å². The van der Waals surface area contributed by atoms with Gasteiger partial charge in [-0.05, 0) is 32.4 Å². The fourth-order valence-electron chi connectivity index (χ4n) is 1.99. The van der Waals surface area contributed by atoms with Gasteiger partial charge in [-0.25, -0.2) is 0 Å². The first kappa shape index (κ1) is 9.66. The lowest BCUT2D eigenvalue weighted by molar-refractivity contribution is 0.201. The van der Waals surface area contributed by atoms with Crippen molar-refractivity contribution in [3.8, 4) is 0 Å². The van der Waals surface area contributed by atoms with Crippen LogP contribution in [0.5, 0.6) is 0 Å². The predicted molar refractivity (Wildman–Crippen MR) is 58.2 cm³/mol. The van der Waals surface area contributed by atoms with Crippen molar-refractivity contribution in [1.29, 1.82) is 0 Å². The molecule has 1 aliphatic heterocycles. The van der Waals surface area contributed by atoms with Crippen LogP contribution in [0, 0.1) is 6.92 Å². The molecule has 1 aliphatic rings. The van der Waals surface area contributed by atoms with Gasteiger partial charge in [0.15, 0.2) is 0 Å². The molecule has 1 aromatic heterocycles. The summed E-state index contributed by atoms with van der Waals surface area (Å²) in [5.41, 5.74) is 3.86. The zero-order chi connectivity index (χ0) is 10.1. The maximum atomic E-state index is 4.58. The number of pyridine rings is 1. The van der Waals surface area contributed by atoms with Gasteiger partial charge in [-0.2, -0.15) is 0 Å². The fraction of sp³-hybridized carbons (Fsp3) is 0.583. The maximum absolute atomic E-state index is 4.58. The third-order valence-electron chi connectivity index (χ3n) is 2.95. The van der Waals surface area contributed by atoms with Crippen LogP contribution in [0.3, 0.4) is 0 Å². The summed E-state index contributed by atoms with van der Waals surface area (Å²) in [6, 6.07) is 4.99. The summed E-state index contributed by atoms with van der Waals surface area (Å²) in [4.78, 5) is 7.08. The Bertz CT molecular complexity index is 331. The normalized spacial score (nSPS) is 17.1. The summed E-state index contributed by atoms with van der Waals surface area (Å²) in [5.74, 6) is 0. The molecule has 2 heteroatoms. The second-order valence-corrected chi connectivity index (χ2v) is 4.37. The van der Waals surface area contributed by atoms with Crippen LogP contribution in [0.25, 0.3) is 0 Å². The summed E-state index contributed by atoms with van der Waals surface area (Å²) in [7, 11) is 0. The molecule has 2 nitrogen and oxygen atoms in total. The predicted octanol–water partition coefficient (Wildman–Crippen LogP) is 2.16. The molecule has 0 amide bonds. The van der Waals surface area contributed by atoms with Crippen molar-refractivity contribution in [3.63, 3.8) is 0 Å². The molecule has 2 heterocycles. The molecule has 0 saturated carbocycles. The van der Waals surface area contributed by atoms with E-state index >= 15 is 0 Å². The van der Waals surface area contributed by atoms with Gasteiger partial charge in [0.2, 0.25) is 0 Å². The number of rotatable bonds is 1. The molecule has 0 unspecified atom stereocenters. The molecular formula is C12H18N2. The summed E-state index contributed by atoms with van der Waals surface area (Å²) in [6.07, 6.45) is 1.11. The highest BCUT2D eigenvalue weighted by atomic mass is 15.2. The molecular weight excluding hydrogens is 172 g/mol. The summed E-state index contributed by atoms with van der Waals surface area (Å²) in [5, 5.41) is 0. The van der Waals surface area contributed by atoms with Crippen molar-refractivity contribution in [2.75, 3.05) is 6.54 Å². The monoisotopic (exact) mass is 190 g/mol. The third-order valence-corrected chi connectivity index (χ3v) is 2.95. The van der Waals surface area contributed by atoms with Gasteiger partial charge in [0.1, 0.15) is 0 Å². The second kappa shape index (κ2) is 3.70. The Morgan fingerprint density at radius 2 is 2.14 bits per heavy atom. The van der Waals surface area contributed by atoms with Crippen LogP contribution in [0.15, 0.2) is 12.1 Å². The molecule has 0 bridgehead atoms. The van der Waals surface area contributed by atoms with Gasteiger partial charge in [0.05, 0.1) is 0 Å². The van der Waals surface area contributed by atoms with Crippen LogP contribution in [-0.2, 0) is 13.0 Å². The molecule has 0 atom stereocenters. The standard InChI is InChI=1S/C12H18N2/c1-9(2)14-7-6-12-11(8-14)5-4-10(3)13-12/h4-5,9H,6-8H2,1-3H3. The number of aromatic nitrogens is 1. The van der Waals surface area contributed by atoms with E-state index in [9.17, 15) is 0 Å². The van der Waals surface area contributed by atoms with Crippen LogP contribution >= 0.6 is 0 Å². The molecule has 0 N–H and O–H groups in total. The van der Waals surface area contributed by atoms with Gasteiger partial charge >= 0.3 is 0 Å². The maximum Gasteiger partial charge on any atom is 0.0464 e. The molecule has 0 radical (unpaired) electrons. The number of aryl methyl sites for hydroxylation is 1. The van der Waals surface area contributed by atoms with E-state index in [1.165, 1.54) is 11.3 Å². The molecule has 14 heavy (non-hydrogen) atoms. The lowest BCUT2D eigenvalue weighted by Gasteiger charge is -2.31. The quantitative estimate of drug-likeness (QED) is 0.674. The molecule has 76 valence electrons. The first-order chi connectivity index (χ1) is 6.66. The van der Waals surface area contributed by atoms with Crippen LogP contribution in [-0.4, -0.2) is 22.5 Å². The van der Waals surface area contributed by atoms with E-state index in [1.807, 2.05) is 0 Å². The van der Waals surface area contributed by atoms with E-state index in [2.05, 4.69) is 42.8 Å². The Kier molecular flexibility index (Phi) is 2.55. The largest absolute Gasteiger partial charge is 0.296 e. The Balaban J connectivity index is 2.23. The average Bonchev–Trinajstić information content (AvgIpc) is 2.16. The van der Waals surface area contributed by atoms with E-state index in [4.69, 9.17) is 0 Å². The lowest BCUT2D eigenvalue weighted by Crippen LogP contribution is -2.36. The van der Waals surface area contributed by atoms with Crippen molar-refractivity contribution in [1.82, 2.24) is 9.88 Å². The Labute approximate surface area is 86.0 Å². The molecule has 2 rings (SSSR count). The zero-order valence-corrected chi connectivity index (χ0v) is 9.25. The van der Waals surface area contributed by atoms with Crippen LogP contribution < -0.4 is 0 Å².